The standard InChI is InChI=1S/C25H18ClF3N6O2/c1-37-21-5-3-2-4-16(21)19-10-20(22(28)29)35-24(31-19)17(11-30-35)25(36)32-23-18(26)13-34(33-23)12-14-6-8-15(27)9-7-14/h2-11,13,22H,12H2,1H3,(H,32,33,36). The molecule has 0 unspecified atom stereocenters. The van der Waals surface area contributed by atoms with Crippen LogP contribution in [0.2, 0.25) is 5.02 Å². The molecule has 3 aromatic heterocycles. The molecule has 0 saturated heterocycles. The number of rotatable bonds is 7. The maximum Gasteiger partial charge on any atom is 0.280 e. The molecular formula is C25H18ClF3N6O2. The number of ether oxygens (including phenoxy) is 1. The first kappa shape index (κ1) is 24.3. The lowest BCUT2D eigenvalue weighted by atomic mass is 10.1. The van der Waals surface area contributed by atoms with E-state index in [1.54, 1.807) is 36.4 Å². The number of aromatic nitrogens is 5. The Kier molecular flexibility index (Phi) is 6.53. The summed E-state index contributed by atoms with van der Waals surface area (Å²) in [6.07, 6.45) is -0.228. The van der Waals surface area contributed by atoms with Crippen LogP contribution in [0.3, 0.4) is 0 Å². The third-order valence-corrected chi connectivity index (χ3v) is 5.83. The first-order valence-electron chi connectivity index (χ1n) is 10.9. The first-order chi connectivity index (χ1) is 17.8. The number of methoxy groups -OCH3 is 1. The van der Waals surface area contributed by atoms with Gasteiger partial charge in [-0.3, -0.25) is 9.48 Å². The van der Waals surface area contributed by atoms with Gasteiger partial charge in [0.1, 0.15) is 27.8 Å². The van der Waals surface area contributed by atoms with E-state index in [9.17, 15) is 18.0 Å². The van der Waals surface area contributed by atoms with Crippen molar-refractivity contribution in [3.63, 3.8) is 0 Å². The number of nitrogens with one attached hydrogen (secondary N) is 1. The highest BCUT2D eigenvalue weighted by Gasteiger charge is 2.23. The van der Waals surface area contributed by atoms with Crippen LogP contribution in [0, 0.1) is 5.82 Å². The van der Waals surface area contributed by atoms with Crippen molar-refractivity contribution in [2.45, 2.75) is 13.0 Å². The minimum Gasteiger partial charge on any atom is -0.496 e. The Morgan fingerprint density at radius 3 is 2.65 bits per heavy atom. The fourth-order valence-electron chi connectivity index (χ4n) is 3.81. The lowest BCUT2D eigenvalue weighted by molar-refractivity contribution is 0.102. The fraction of sp³-hybridized carbons (Fsp3) is 0.120. The summed E-state index contributed by atoms with van der Waals surface area (Å²) in [4.78, 5) is 17.6. The van der Waals surface area contributed by atoms with Crippen molar-refractivity contribution in [3.8, 4) is 17.0 Å². The number of hydrogen-bond donors (Lipinski definition) is 1. The summed E-state index contributed by atoms with van der Waals surface area (Å²) in [5.41, 5.74) is 0.877. The lowest BCUT2D eigenvalue weighted by Crippen LogP contribution is -2.14. The summed E-state index contributed by atoms with van der Waals surface area (Å²) >= 11 is 6.26. The minimum absolute atomic E-state index is 0.0530. The second-order valence-electron chi connectivity index (χ2n) is 7.96. The van der Waals surface area contributed by atoms with Crippen LogP contribution in [0.15, 0.2) is 67.0 Å². The quantitative estimate of drug-likeness (QED) is 0.297. The van der Waals surface area contributed by atoms with Gasteiger partial charge >= 0.3 is 0 Å². The van der Waals surface area contributed by atoms with Gasteiger partial charge in [0.2, 0.25) is 0 Å². The maximum absolute atomic E-state index is 13.9. The Labute approximate surface area is 213 Å². The number of halogens is 4. The molecule has 0 saturated carbocycles. The summed E-state index contributed by atoms with van der Waals surface area (Å²) in [5, 5.41) is 11.0. The van der Waals surface area contributed by atoms with Crippen LogP contribution in [0.1, 0.15) is 28.0 Å². The third kappa shape index (κ3) is 4.85. The van der Waals surface area contributed by atoms with Crippen molar-refractivity contribution in [3.05, 3.63) is 94.7 Å². The third-order valence-electron chi connectivity index (χ3n) is 5.56. The van der Waals surface area contributed by atoms with E-state index in [4.69, 9.17) is 16.3 Å². The van der Waals surface area contributed by atoms with Crippen LogP contribution in [0.25, 0.3) is 16.9 Å². The molecule has 0 aliphatic rings. The van der Waals surface area contributed by atoms with E-state index in [0.717, 1.165) is 16.3 Å². The van der Waals surface area contributed by atoms with E-state index >= 15 is 0 Å². The smallest absolute Gasteiger partial charge is 0.280 e. The van der Waals surface area contributed by atoms with Crippen LogP contribution >= 0.6 is 11.6 Å². The number of nitrogens with zero attached hydrogens (tertiary/aromatic N) is 5. The Morgan fingerprint density at radius 2 is 1.92 bits per heavy atom. The molecule has 1 amide bonds. The topological polar surface area (TPSA) is 86.3 Å². The summed E-state index contributed by atoms with van der Waals surface area (Å²) in [7, 11) is 1.46. The van der Waals surface area contributed by atoms with Gasteiger partial charge < -0.3 is 10.1 Å². The average molecular weight is 527 g/mol. The van der Waals surface area contributed by atoms with Crippen LogP contribution in [-0.2, 0) is 6.54 Å². The highest BCUT2D eigenvalue weighted by molar-refractivity contribution is 6.33. The van der Waals surface area contributed by atoms with Gasteiger partial charge in [-0.05, 0) is 35.9 Å². The number of alkyl halides is 2. The molecule has 0 aliphatic heterocycles. The minimum atomic E-state index is -2.88. The fourth-order valence-corrected chi connectivity index (χ4v) is 4.01. The average Bonchev–Trinajstić information content (AvgIpc) is 3.47. The van der Waals surface area contributed by atoms with Crippen LogP contribution in [-0.4, -0.2) is 37.4 Å². The zero-order valence-corrected chi connectivity index (χ0v) is 20.0. The van der Waals surface area contributed by atoms with Crippen molar-refractivity contribution < 1.29 is 22.7 Å². The molecule has 12 heteroatoms. The maximum atomic E-state index is 13.9. The number of carbonyl (C=O) groups excluding carboxylic acids is 1. The Hall–Kier alpha value is -4.38. The van der Waals surface area contributed by atoms with E-state index in [-0.39, 0.29) is 40.1 Å². The molecule has 8 nitrogen and oxygen atoms in total. The van der Waals surface area contributed by atoms with Crippen molar-refractivity contribution in [1.29, 1.82) is 0 Å². The predicted octanol–water partition coefficient (Wildman–Crippen LogP) is 5.63. The van der Waals surface area contributed by atoms with Gasteiger partial charge in [-0.2, -0.15) is 10.2 Å². The Balaban J connectivity index is 1.48. The van der Waals surface area contributed by atoms with Crippen molar-refractivity contribution in [2.24, 2.45) is 0 Å². The molecule has 0 bridgehead atoms. The highest BCUT2D eigenvalue weighted by Crippen LogP contribution is 2.32. The molecule has 188 valence electrons. The van der Waals surface area contributed by atoms with Gasteiger partial charge in [0.05, 0.1) is 25.5 Å². The zero-order chi connectivity index (χ0) is 26.1. The first-order valence-corrected chi connectivity index (χ1v) is 11.3. The van der Waals surface area contributed by atoms with Gasteiger partial charge in [0.25, 0.3) is 12.3 Å². The molecule has 0 spiro atoms. The van der Waals surface area contributed by atoms with Gasteiger partial charge in [-0.25, -0.2) is 22.7 Å². The van der Waals surface area contributed by atoms with Gasteiger partial charge in [0.15, 0.2) is 11.5 Å². The molecule has 0 atom stereocenters. The molecule has 0 fully saturated rings. The zero-order valence-electron chi connectivity index (χ0n) is 19.2. The van der Waals surface area contributed by atoms with Gasteiger partial charge in [-0.1, -0.05) is 35.9 Å². The molecule has 5 aromatic rings. The number of hydrogen-bond acceptors (Lipinski definition) is 5. The number of anilines is 1. The number of carbonyl (C=O) groups is 1. The van der Waals surface area contributed by atoms with E-state index in [2.05, 4.69) is 20.5 Å². The predicted molar refractivity (Wildman–Crippen MR) is 131 cm³/mol. The molecule has 3 heterocycles. The van der Waals surface area contributed by atoms with Gasteiger partial charge in [0, 0.05) is 11.8 Å². The van der Waals surface area contributed by atoms with Crippen LogP contribution < -0.4 is 10.1 Å². The summed E-state index contributed by atoms with van der Waals surface area (Å²) in [6.45, 7) is 0.286. The molecule has 1 N–H and O–H groups in total. The number of benzene rings is 2. The second-order valence-corrected chi connectivity index (χ2v) is 8.37. The molecule has 5 rings (SSSR count). The van der Waals surface area contributed by atoms with Crippen LogP contribution in [0.4, 0.5) is 19.0 Å². The SMILES string of the molecule is COc1ccccc1-c1cc(C(F)F)n2ncc(C(=O)Nc3nn(Cc4ccc(F)cc4)cc3Cl)c2n1. The Morgan fingerprint density at radius 1 is 1.16 bits per heavy atom. The number of fused-ring (bicyclic) bond motifs is 1. The number of amides is 1. The van der Waals surface area contributed by atoms with E-state index in [1.165, 1.54) is 36.2 Å². The van der Waals surface area contributed by atoms with Crippen molar-refractivity contribution in [1.82, 2.24) is 24.4 Å². The molecule has 37 heavy (non-hydrogen) atoms. The normalized spacial score (nSPS) is 11.3. The monoisotopic (exact) mass is 526 g/mol. The molecular weight excluding hydrogens is 509 g/mol. The largest absolute Gasteiger partial charge is 0.496 e. The van der Waals surface area contributed by atoms with Crippen LogP contribution in [0.5, 0.6) is 5.75 Å². The molecule has 0 radical (unpaired) electrons. The van der Waals surface area contributed by atoms with Gasteiger partial charge in [-0.15, -0.1) is 0 Å². The number of para-hydroxylation sites is 1. The molecule has 0 aliphatic carbocycles. The second kappa shape index (κ2) is 9.94. The summed E-state index contributed by atoms with van der Waals surface area (Å²) in [6, 6.07) is 13.9. The summed E-state index contributed by atoms with van der Waals surface area (Å²) < 4.78 is 48.7. The van der Waals surface area contributed by atoms with E-state index < -0.39 is 18.0 Å². The molecule has 2 aromatic carbocycles. The van der Waals surface area contributed by atoms with E-state index in [0.29, 0.717) is 11.3 Å². The highest BCUT2D eigenvalue weighted by atomic mass is 35.5. The lowest BCUT2D eigenvalue weighted by Gasteiger charge is -2.11. The van der Waals surface area contributed by atoms with Crippen molar-refractivity contribution in [2.75, 3.05) is 12.4 Å². The van der Waals surface area contributed by atoms with Crippen molar-refractivity contribution >= 4 is 29.0 Å². The summed E-state index contributed by atoms with van der Waals surface area (Å²) in [5.74, 6) is -0.554. The van der Waals surface area contributed by atoms with E-state index in [1.807, 2.05) is 0 Å². The Bertz CT molecular complexity index is 1600.